The summed E-state index contributed by atoms with van der Waals surface area (Å²) in [5.41, 5.74) is 1.71. The molecule has 0 bridgehead atoms. The van der Waals surface area contributed by atoms with Gasteiger partial charge in [0.15, 0.2) is 5.49 Å². The summed E-state index contributed by atoms with van der Waals surface area (Å²) in [6.07, 6.45) is 7.93. The van der Waals surface area contributed by atoms with Gasteiger partial charge in [0.2, 0.25) is 5.91 Å². The van der Waals surface area contributed by atoms with Crippen LogP contribution < -0.4 is 21.8 Å². The molecule has 8 heteroatoms. The summed E-state index contributed by atoms with van der Waals surface area (Å²) in [6, 6.07) is 8.09. The van der Waals surface area contributed by atoms with Crippen molar-refractivity contribution in [3.8, 4) is 0 Å². The van der Waals surface area contributed by atoms with Gasteiger partial charge >= 0.3 is 5.69 Å². The van der Waals surface area contributed by atoms with E-state index < -0.39 is 0 Å². The average molecular weight is 505 g/mol. The molecule has 1 aliphatic heterocycles. The predicted molar refractivity (Wildman–Crippen MR) is 146 cm³/mol. The normalized spacial score (nSPS) is 23.2. The SMILES string of the molecule is Cn1c2c(n(CC(C)(C)C)c1=O)=CCC(C1CCC(C)(C)C(NC(=O)Cn3cc4ccccc4n3)C1)N=2. The van der Waals surface area contributed by atoms with E-state index in [1.807, 2.05) is 42.1 Å². The van der Waals surface area contributed by atoms with Crippen LogP contribution in [0.15, 0.2) is 40.2 Å². The molecule has 0 saturated heterocycles. The number of benzene rings is 1. The van der Waals surface area contributed by atoms with Crippen LogP contribution in [-0.2, 0) is 24.9 Å². The van der Waals surface area contributed by atoms with Gasteiger partial charge in [-0.15, -0.1) is 0 Å². The van der Waals surface area contributed by atoms with Gasteiger partial charge in [-0.1, -0.05) is 58.9 Å². The third kappa shape index (κ3) is 5.15. The third-order valence-corrected chi connectivity index (χ3v) is 8.12. The Morgan fingerprint density at radius 2 is 1.97 bits per heavy atom. The van der Waals surface area contributed by atoms with E-state index in [0.29, 0.717) is 12.5 Å². The summed E-state index contributed by atoms with van der Waals surface area (Å²) < 4.78 is 5.30. The van der Waals surface area contributed by atoms with Crippen molar-refractivity contribution in [1.82, 2.24) is 24.2 Å². The molecule has 3 atom stereocenters. The van der Waals surface area contributed by atoms with E-state index >= 15 is 0 Å². The molecule has 3 unspecified atom stereocenters. The van der Waals surface area contributed by atoms with Crippen LogP contribution in [0.25, 0.3) is 17.0 Å². The van der Waals surface area contributed by atoms with Gasteiger partial charge in [-0.2, -0.15) is 5.10 Å². The zero-order valence-corrected chi connectivity index (χ0v) is 23.0. The van der Waals surface area contributed by atoms with E-state index in [9.17, 15) is 9.59 Å². The highest BCUT2D eigenvalue weighted by atomic mass is 16.2. The topological polar surface area (TPSA) is 86.2 Å². The lowest BCUT2D eigenvalue weighted by molar-refractivity contribution is -0.124. The molecule has 0 spiro atoms. The van der Waals surface area contributed by atoms with Crippen molar-refractivity contribution in [2.75, 3.05) is 0 Å². The van der Waals surface area contributed by atoms with Crippen LogP contribution in [0, 0.1) is 16.7 Å². The van der Waals surface area contributed by atoms with Crippen molar-refractivity contribution in [1.29, 1.82) is 0 Å². The summed E-state index contributed by atoms with van der Waals surface area (Å²) in [5, 5.41) is 9.85. The number of hydrogen-bond donors (Lipinski definition) is 1. The van der Waals surface area contributed by atoms with E-state index in [4.69, 9.17) is 4.99 Å². The fourth-order valence-electron chi connectivity index (χ4n) is 5.95. The molecule has 2 aliphatic rings. The molecule has 198 valence electrons. The summed E-state index contributed by atoms with van der Waals surface area (Å²) in [5.74, 6) is 0.346. The van der Waals surface area contributed by atoms with Gasteiger partial charge in [0.05, 0.1) is 16.9 Å². The lowest BCUT2D eigenvalue weighted by Gasteiger charge is -2.44. The van der Waals surface area contributed by atoms with E-state index in [0.717, 1.165) is 47.4 Å². The molecular formula is C29H40N6O2. The molecule has 1 saturated carbocycles. The molecule has 8 nitrogen and oxygen atoms in total. The van der Waals surface area contributed by atoms with E-state index in [-0.39, 0.29) is 41.1 Å². The minimum absolute atomic E-state index is 0.00164. The number of nitrogens with zero attached hydrogens (tertiary/aromatic N) is 5. The Labute approximate surface area is 218 Å². The molecule has 1 aliphatic carbocycles. The fraction of sp³-hybridized carbons (Fsp3) is 0.586. The lowest BCUT2D eigenvalue weighted by Crippen LogP contribution is -2.51. The minimum atomic E-state index is -0.0115. The number of carbonyl (C=O) groups is 1. The van der Waals surface area contributed by atoms with Crippen LogP contribution in [0.4, 0.5) is 0 Å². The first-order valence-electron chi connectivity index (χ1n) is 13.5. The van der Waals surface area contributed by atoms with Gasteiger partial charge in [0.25, 0.3) is 0 Å². The van der Waals surface area contributed by atoms with Crippen molar-refractivity contribution in [2.24, 2.45) is 28.8 Å². The average Bonchev–Trinajstić information content (AvgIpc) is 3.33. The highest BCUT2D eigenvalue weighted by Crippen LogP contribution is 2.41. The largest absolute Gasteiger partial charge is 0.351 e. The Bertz CT molecular complexity index is 1470. The molecular weight excluding hydrogens is 464 g/mol. The number of rotatable bonds is 5. The molecule has 37 heavy (non-hydrogen) atoms. The molecule has 3 aromatic rings. The second-order valence-electron chi connectivity index (χ2n) is 12.9. The fourth-order valence-corrected chi connectivity index (χ4v) is 5.95. The number of hydrogen-bond acceptors (Lipinski definition) is 4. The van der Waals surface area contributed by atoms with E-state index in [2.05, 4.69) is 51.1 Å². The first-order valence-corrected chi connectivity index (χ1v) is 13.5. The van der Waals surface area contributed by atoms with E-state index in [1.165, 1.54) is 0 Å². The molecule has 5 rings (SSSR count). The quantitative estimate of drug-likeness (QED) is 0.580. The Morgan fingerprint density at radius 3 is 2.70 bits per heavy atom. The summed E-state index contributed by atoms with van der Waals surface area (Å²) in [6.45, 7) is 11.8. The van der Waals surface area contributed by atoms with Gasteiger partial charge in [-0.25, -0.2) is 4.79 Å². The summed E-state index contributed by atoms with van der Waals surface area (Å²) in [4.78, 5) is 31.1. The first kappa shape index (κ1) is 25.5. The Morgan fingerprint density at radius 1 is 1.22 bits per heavy atom. The molecule has 0 radical (unpaired) electrons. The van der Waals surface area contributed by atoms with Crippen LogP contribution in [0.2, 0.25) is 0 Å². The highest BCUT2D eigenvalue weighted by Gasteiger charge is 2.40. The highest BCUT2D eigenvalue weighted by molar-refractivity contribution is 5.80. The number of fused-ring (bicyclic) bond motifs is 2. The van der Waals surface area contributed by atoms with Crippen LogP contribution in [-0.4, -0.2) is 36.9 Å². The zero-order valence-electron chi connectivity index (χ0n) is 23.0. The predicted octanol–water partition coefficient (Wildman–Crippen LogP) is 2.77. The second-order valence-corrected chi connectivity index (χ2v) is 12.9. The Hall–Kier alpha value is -3.16. The summed E-state index contributed by atoms with van der Waals surface area (Å²) >= 11 is 0. The van der Waals surface area contributed by atoms with E-state index in [1.54, 1.807) is 9.25 Å². The van der Waals surface area contributed by atoms with Crippen LogP contribution >= 0.6 is 0 Å². The van der Waals surface area contributed by atoms with Crippen LogP contribution in [0.3, 0.4) is 0 Å². The minimum Gasteiger partial charge on any atom is -0.351 e. The first-order chi connectivity index (χ1) is 17.4. The van der Waals surface area contributed by atoms with Crippen molar-refractivity contribution in [3.63, 3.8) is 0 Å². The number of imidazole rings is 1. The number of amides is 1. The van der Waals surface area contributed by atoms with Crippen molar-refractivity contribution in [2.45, 2.75) is 85.5 Å². The van der Waals surface area contributed by atoms with Crippen molar-refractivity contribution >= 4 is 22.9 Å². The smallest absolute Gasteiger partial charge is 0.330 e. The van der Waals surface area contributed by atoms with Crippen LogP contribution in [0.5, 0.6) is 0 Å². The standard InChI is InChI=1S/C29H40N6O2/c1-28(2,3)18-35-23-12-11-21(30-26(23)33(6)27(35)37)19-13-14-29(4,5)24(15-19)31-25(36)17-34-16-20-9-7-8-10-22(20)32-34/h7-10,12,16,19,21,24H,11,13-15,17-18H2,1-6H3,(H,31,36). The van der Waals surface area contributed by atoms with Crippen LogP contribution in [0.1, 0.15) is 60.3 Å². The van der Waals surface area contributed by atoms with Gasteiger partial charge in [0, 0.05) is 31.2 Å². The molecule has 3 heterocycles. The maximum atomic E-state index is 13.0. The maximum Gasteiger partial charge on any atom is 0.330 e. The molecule has 2 aromatic heterocycles. The van der Waals surface area contributed by atoms with Gasteiger partial charge in [-0.05, 0) is 48.5 Å². The zero-order chi connectivity index (χ0) is 26.5. The van der Waals surface area contributed by atoms with Crippen molar-refractivity contribution < 1.29 is 4.79 Å². The van der Waals surface area contributed by atoms with Gasteiger partial charge < -0.3 is 5.32 Å². The molecule has 1 fully saturated rings. The van der Waals surface area contributed by atoms with Gasteiger partial charge in [-0.3, -0.25) is 23.6 Å². The number of aromatic nitrogens is 4. The second kappa shape index (κ2) is 9.30. The molecule has 1 aromatic carbocycles. The Balaban J connectivity index is 1.32. The maximum absolute atomic E-state index is 13.0. The van der Waals surface area contributed by atoms with Gasteiger partial charge in [0.1, 0.15) is 6.54 Å². The lowest BCUT2D eigenvalue weighted by atomic mass is 9.67. The van der Waals surface area contributed by atoms with Crippen molar-refractivity contribution in [3.05, 3.63) is 51.8 Å². The monoisotopic (exact) mass is 504 g/mol. The number of carbonyl (C=O) groups excluding carboxylic acids is 1. The summed E-state index contributed by atoms with van der Waals surface area (Å²) in [7, 11) is 1.83. The molecule has 1 N–H and O–H groups in total. The molecule has 1 amide bonds. The Kier molecular flexibility index (Phi) is 6.40. The number of nitrogens with one attached hydrogen (secondary N) is 1. The third-order valence-electron chi connectivity index (χ3n) is 8.12.